The Kier molecular flexibility index (Phi) is 12.5. The van der Waals surface area contributed by atoms with Gasteiger partial charge in [-0.15, -0.1) is 0 Å². The predicted octanol–water partition coefficient (Wildman–Crippen LogP) is 3.78. The first kappa shape index (κ1) is 32.9. The molecule has 2 saturated carbocycles. The van der Waals surface area contributed by atoms with Gasteiger partial charge in [0, 0.05) is 51.4 Å². The van der Waals surface area contributed by atoms with Crippen LogP contribution in [0.4, 0.5) is 17.6 Å². The summed E-state index contributed by atoms with van der Waals surface area (Å²) in [5.41, 5.74) is 6.18. The largest absolute Gasteiger partial charge is 0.383 e. The van der Waals surface area contributed by atoms with Crippen molar-refractivity contribution in [2.24, 2.45) is 11.8 Å². The van der Waals surface area contributed by atoms with Crippen molar-refractivity contribution in [3.8, 4) is 0 Å². The molecule has 11 heteroatoms. The molecule has 44 heavy (non-hydrogen) atoms. The fourth-order valence-corrected chi connectivity index (χ4v) is 8.20. The van der Waals surface area contributed by atoms with Gasteiger partial charge in [-0.05, 0) is 88.5 Å². The first-order valence-electron chi connectivity index (χ1n) is 17.0. The number of nitrogens with one attached hydrogen (secondary N) is 3. The van der Waals surface area contributed by atoms with Crippen LogP contribution in [0.25, 0.3) is 0 Å². The van der Waals surface area contributed by atoms with Crippen LogP contribution < -0.4 is 26.6 Å². The van der Waals surface area contributed by atoms with Crippen LogP contribution in [-0.4, -0.2) is 94.0 Å². The number of sulfone groups is 1. The van der Waals surface area contributed by atoms with Gasteiger partial charge >= 0.3 is 0 Å². The molecule has 5 N–H and O–H groups in total. The number of nitrogens with two attached hydrogens (primary N) is 1. The number of hydrogen-bond acceptors (Lipinski definition) is 10. The molecular formula is C33H54N8O2S. The van der Waals surface area contributed by atoms with Gasteiger partial charge in [0.25, 0.3) is 0 Å². The van der Waals surface area contributed by atoms with Gasteiger partial charge in [0.05, 0.1) is 10.6 Å². The van der Waals surface area contributed by atoms with E-state index < -0.39 is 9.84 Å². The van der Waals surface area contributed by atoms with Crippen LogP contribution in [0.3, 0.4) is 0 Å². The molecule has 0 bridgehead atoms. The average Bonchev–Trinajstić information content (AvgIpc) is 3.06. The summed E-state index contributed by atoms with van der Waals surface area (Å²) >= 11 is 0. The van der Waals surface area contributed by atoms with Gasteiger partial charge in [0.2, 0.25) is 5.95 Å². The fraction of sp³-hybridized carbons (Fsp3) is 0.697. The number of benzene rings is 1. The standard InChI is InChI=1S/C33H54N8O2S/c34-31-24-32(41-20-18-40(19-21-41)22-23-44(42,43)30-10-5-2-6-11-30)39-33(38-31)37-26-28-14-12-27(13-15-28)25-35-16-7-17-36-29-8-3-1-4-9-29/h2,5-6,10-11,24,27-29,35-36H,1,3-4,7-9,12-23,25-26H2,(H3,34,37,38,39). The van der Waals surface area contributed by atoms with Crippen molar-refractivity contribution in [3.05, 3.63) is 36.4 Å². The Bertz CT molecular complexity index is 1230. The average molecular weight is 627 g/mol. The molecule has 5 rings (SSSR count). The fourth-order valence-electron chi connectivity index (χ4n) is 6.90. The Labute approximate surface area is 264 Å². The highest BCUT2D eigenvalue weighted by molar-refractivity contribution is 7.91. The molecular weight excluding hydrogens is 572 g/mol. The second kappa shape index (κ2) is 16.7. The number of nitrogens with zero attached hydrogens (tertiary/aromatic N) is 4. The van der Waals surface area contributed by atoms with Crippen molar-refractivity contribution in [1.29, 1.82) is 0 Å². The lowest BCUT2D eigenvalue weighted by molar-refractivity contribution is 0.271. The summed E-state index contributed by atoms with van der Waals surface area (Å²) in [6.07, 6.45) is 13.2. The molecule has 1 aromatic heterocycles. The Hall–Kier alpha value is -2.47. The van der Waals surface area contributed by atoms with Crippen LogP contribution in [0.2, 0.25) is 0 Å². The first-order valence-corrected chi connectivity index (χ1v) is 18.7. The van der Waals surface area contributed by atoms with Gasteiger partial charge in [0.1, 0.15) is 11.6 Å². The summed E-state index contributed by atoms with van der Waals surface area (Å²) < 4.78 is 25.3. The minimum absolute atomic E-state index is 0.127. The summed E-state index contributed by atoms with van der Waals surface area (Å²) in [4.78, 5) is 14.1. The number of aromatic nitrogens is 2. The van der Waals surface area contributed by atoms with E-state index in [0.29, 0.717) is 29.1 Å². The van der Waals surface area contributed by atoms with E-state index in [9.17, 15) is 8.42 Å². The second-order valence-corrected chi connectivity index (χ2v) is 15.2. The molecule has 0 unspecified atom stereocenters. The van der Waals surface area contributed by atoms with E-state index in [-0.39, 0.29) is 5.75 Å². The lowest BCUT2D eigenvalue weighted by Gasteiger charge is -2.35. The lowest BCUT2D eigenvalue weighted by Crippen LogP contribution is -2.48. The van der Waals surface area contributed by atoms with Crippen molar-refractivity contribution in [3.63, 3.8) is 0 Å². The number of anilines is 3. The molecule has 2 aliphatic carbocycles. The molecule has 2 aromatic rings. The molecule has 3 fully saturated rings. The summed E-state index contributed by atoms with van der Waals surface area (Å²) in [5, 5.41) is 10.9. The van der Waals surface area contributed by atoms with Crippen molar-refractivity contribution < 1.29 is 8.42 Å². The van der Waals surface area contributed by atoms with Crippen LogP contribution in [0.5, 0.6) is 0 Å². The topological polar surface area (TPSA) is 129 Å². The van der Waals surface area contributed by atoms with Crippen molar-refractivity contribution in [2.75, 3.05) is 80.6 Å². The van der Waals surface area contributed by atoms with Crippen LogP contribution in [0.1, 0.15) is 64.2 Å². The van der Waals surface area contributed by atoms with Gasteiger partial charge in [-0.3, -0.25) is 4.90 Å². The van der Waals surface area contributed by atoms with Crippen molar-refractivity contribution >= 4 is 27.4 Å². The van der Waals surface area contributed by atoms with E-state index in [0.717, 1.165) is 70.1 Å². The lowest BCUT2D eigenvalue weighted by atomic mass is 9.82. The Morgan fingerprint density at radius 2 is 1.55 bits per heavy atom. The smallest absolute Gasteiger partial charge is 0.226 e. The molecule has 244 valence electrons. The van der Waals surface area contributed by atoms with E-state index in [2.05, 4.69) is 30.7 Å². The van der Waals surface area contributed by atoms with Gasteiger partial charge < -0.3 is 26.6 Å². The number of piperazine rings is 1. The Balaban J connectivity index is 0.965. The van der Waals surface area contributed by atoms with Crippen LogP contribution in [0.15, 0.2) is 41.3 Å². The molecule has 2 heterocycles. The van der Waals surface area contributed by atoms with E-state index in [4.69, 9.17) is 10.7 Å². The van der Waals surface area contributed by atoms with E-state index in [1.165, 1.54) is 64.2 Å². The van der Waals surface area contributed by atoms with Gasteiger partial charge in [-0.25, -0.2) is 8.42 Å². The van der Waals surface area contributed by atoms with Crippen molar-refractivity contribution in [1.82, 2.24) is 25.5 Å². The molecule has 0 spiro atoms. The molecule has 0 atom stereocenters. The SMILES string of the molecule is Nc1cc(N2CCN(CCS(=O)(=O)c3ccccc3)CC2)nc(NCC2CCC(CNCCCNC3CCCCC3)CC2)n1. The third kappa shape index (κ3) is 10.3. The zero-order valence-corrected chi connectivity index (χ0v) is 27.2. The normalized spacial score (nSPS) is 22.2. The maximum atomic E-state index is 12.7. The quantitative estimate of drug-likeness (QED) is 0.217. The molecule has 0 amide bonds. The third-order valence-electron chi connectivity index (χ3n) is 9.72. The summed E-state index contributed by atoms with van der Waals surface area (Å²) in [7, 11) is -3.27. The zero-order chi connectivity index (χ0) is 30.6. The molecule has 0 radical (unpaired) electrons. The van der Waals surface area contributed by atoms with Gasteiger partial charge in [-0.1, -0.05) is 37.5 Å². The first-order chi connectivity index (χ1) is 21.4. The van der Waals surface area contributed by atoms with Crippen molar-refractivity contribution in [2.45, 2.75) is 75.1 Å². The molecule has 1 saturated heterocycles. The highest BCUT2D eigenvalue weighted by atomic mass is 32.2. The van der Waals surface area contributed by atoms with E-state index in [1.807, 2.05) is 12.1 Å². The molecule has 3 aliphatic rings. The van der Waals surface area contributed by atoms with Crippen LogP contribution >= 0.6 is 0 Å². The maximum absolute atomic E-state index is 12.7. The predicted molar refractivity (Wildman–Crippen MR) is 180 cm³/mol. The third-order valence-corrected chi connectivity index (χ3v) is 11.4. The van der Waals surface area contributed by atoms with Crippen LogP contribution in [-0.2, 0) is 9.84 Å². The summed E-state index contributed by atoms with van der Waals surface area (Å²) in [6, 6.07) is 11.3. The zero-order valence-electron chi connectivity index (χ0n) is 26.4. The summed E-state index contributed by atoms with van der Waals surface area (Å²) in [6.45, 7) is 7.91. The Morgan fingerprint density at radius 3 is 2.27 bits per heavy atom. The molecule has 1 aliphatic heterocycles. The summed E-state index contributed by atoms with van der Waals surface area (Å²) in [5.74, 6) is 3.45. The number of rotatable bonds is 15. The minimum atomic E-state index is -3.27. The number of nitrogen functional groups attached to an aromatic ring is 1. The maximum Gasteiger partial charge on any atom is 0.226 e. The highest BCUT2D eigenvalue weighted by Gasteiger charge is 2.23. The highest BCUT2D eigenvalue weighted by Crippen LogP contribution is 2.29. The van der Waals surface area contributed by atoms with Crippen LogP contribution in [0, 0.1) is 11.8 Å². The van der Waals surface area contributed by atoms with E-state index >= 15 is 0 Å². The van der Waals surface area contributed by atoms with Gasteiger partial charge in [-0.2, -0.15) is 9.97 Å². The van der Waals surface area contributed by atoms with E-state index in [1.54, 1.807) is 24.3 Å². The van der Waals surface area contributed by atoms with Gasteiger partial charge in [0.15, 0.2) is 9.84 Å². The molecule has 10 nitrogen and oxygen atoms in total. The number of hydrogen-bond donors (Lipinski definition) is 4. The molecule has 1 aromatic carbocycles. The Morgan fingerprint density at radius 1 is 0.841 bits per heavy atom. The second-order valence-electron chi connectivity index (χ2n) is 13.0. The monoisotopic (exact) mass is 626 g/mol. The minimum Gasteiger partial charge on any atom is -0.383 e.